The van der Waals surface area contributed by atoms with Crippen molar-refractivity contribution in [2.45, 2.75) is 6.54 Å². The van der Waals surface area contributed by atoms with Gasteiger partial charge in [-0.3, -0.25) is 0 Å². The summed E-state index contributed by atoms with van der Waals surface area (Å²) in [6.45, 7) is 0.476. The Kier molecular flexibility index (Phi) is 7.01. The van der Waals surface area contributed by atoms with Gasteiger partial charge in [0, 0.05) is 12.6 Å². The third kappa shape index (κ3) is 5.08. The van der Waals surface area contributed by atoms with E-state index in [1.54, 1.807) is 52.7 Å². The normalized spacial score (nSPS) is 10.5. The van der Waals surface area contributed by atoms with Gasteiger partial charge in [-0.15, -0.1) is 0 Å². The maximum absolute atomic E-state index is 9.38. The Labute approximate surface area is 180 Å². The van der Waals surface area contributed by atoms with Gasteiger partial charge in [-0.2, -0.15) is 10.2 Å². The Morgan fingerprint density at radius 1 is 0.968 bits per heavy atom. The third-order valence-corrected chi connectivity index (χ3v) is 4.47. The van der Waals surface area contributed by atoms with Crippen LogP contribution in [0.3, 0.4) is 0 Å². The van der Waals surface area contributed by atoms with Crippen molar-refractivity contribution < 1.29 is 23.4 Å². The molecule has 0 bridgehead atoms. The molecule has 160 valence electrons. The fourth-order valence-corrected chi connectivity index (χ4v) is 2.89. The Hall–Kier alpha value is -4.12. The number of aromatic nitrogens is 1. The summed E-state index contributed by atoms with van der Waals surface area (Å²) in [5.41, 5.74) is 1.98. The second-order valence-electron chi connectivity index (χ2n) is 6.34. The van der Waals surface area contributed by atoms with E-state index in [4.69, 9.17) is 23.4 Å². The molecule has 8 nitrogen and oxygen atoms in total. The van der Waals surface area contributed by atoms with E-state index >= 15 is 0 Å². The van der Waals surface area contributed by atoms with Crippen LogP contribution in [0.2, 0.25) is 0 Å². The van der Waals surface area contributed by atoms with Gasteiger partial charge in [-0.25, -0.2) is 0 Å². The molecule has 0 radical (unpaired) electrons. The van der Waals surface area contributed by atoms with Crippen LogP contribution in [0.15, 0.2) is 40.8 Å². The Morgan fingerprint density at radius 3 is 2.19 bits per heavy atom. The van der Waals surface area contributed by atoms with Gasteiger partial charge in [0.15, 0.2) is 11.5 Å². The quantitative estimate of drug-likeness (QED) is 0.544. The predicted octanol–water partition coefficient (Wildman–Crippen LogP) is 4.36. The predicted molar refractivity (Wildman–Crippen MR) is 117 cm³/mol. The van der Waals surface area contributed by atoms with E-state index in [1.165, 1.54) is 0 Å². The molecular formula is C23H23N3O5. The lowest BCUT2D eigenvalue weighted by molar-refractivity contribution is 0.324. The minimum absolute atomic E-state index is 0.179. The monoisotopic (exact) mass is 421 g/mol. The van der Waals surface area contributed by atoms with Gasteiger partial charge in [-0.1, -0.05) is 12.1 Å². The van der Waals surface area contributed by atoms with Crippen molar-refractivity contribution in [2.75, 3.05) is 33.8 Å². The molecule has 0 saturated carbocycles. The molecule has 1 heterocycles. The molecule has 0 amide bonds. The van der Waals surface area contributed by atoms with E-state index in [0.29, 0.717) is 35.6 Å². The number of nitrogens with one attached hydrogen (secondary N) is 1. The van der Waals surface area contributed by atoms with Crippen LogP contribution in [0.4, 0.5) is 5.88 Å². The molecule has 2 aromatic carbocycles. The summed E-state index contributed by atoms with van der Waals surface area (Å²) in [6.07, 6.45) is 3.45. The van der Waals surface area contributed by atoms with Crippen molar-refractivity contribution in [3.05, 3.63) is 59.1 Å². The van der Waals surface area contributed by atoms with Crippen molar-refractivity contribution >= 4 is 18.0 Å². The van der Waals surface area contributed by atoms with E-state index in [0.717, 1.165) is 16.9 Å². The molecule has 31 heavy (non-hydrogen) atoms. The van der Waals surface area contributed by atoms with Crippen molar-refractivity contribution in [2.24, 2.45) is 0 Å². The second kappa shape index (κ2) is 10.1. The van der Waals surface area contributed by atoms with Crippen LogP contribution in [-0.4, -0.2) is 33.4 Å². The van der Waals surface area contributed by atoms with Crippen LogP contribution in [0.1, 0.15) is 22.7 Å². The lowest BCUT2D eigenvalue weighted by atomic mass is 10.1. The van der Waals surface area contributed by atoms with Gasteiger partial charge in [-0.05, 0) is 41.5 Å². The number of rotatable bonds is 9. The van der Waals surface area contributed by atoms with Crippen LogP contribution in [0, 0.1) is 11.3 Å². The zero-order valence-corrected chi connectivity index (χ0v) is 17.8. The zero-order valence-electron chi connectivity index (χ0n) is 17.8. The van der Waals surface area contributed by atoms with E-state index in [9.17, 15) is 5.26 Å². The number of ether oxygens (including phenoxy) is 4. The first-order chi connectivity index (χ1) is 15.1. The summed E-state index contributed by atoms with van der Waals surface area (Å²) in [6, 6.07) is 13.2. The Bertz CT molecular complexity index is 1070. The molecule has 0 atom stereocenters. The van der Waals surface area contributed by atoms with Crippen LogP contribution >= 0.6 is 0 Å². The summed E-state index contributed by atoms with van der Waals surface area (Å²) in [7, 11) is 6.28. The molecule has 0 aliphatic heterocycles. The number of hydrogen-bond donors (Lipinski definition) is 1. The summed E-state index contributed by atoms with van der Waals surface area (Å²) < 4.78 is 26.9. The maximum atomic E-state index is 9.38. The standard InChI is InChI=1S/C23H23N3O5/c1-27-17-8-5-15(6-9-17)14-25-23-18(13-24)26-21(31-23)10-7-16-11-19(28-2)22(30-4)20(12-16)29-3/h5-12,25H,14H2,1-4H3/b10-7+. The number of benzene rings is 2. The minimum atomic E-state index is 0.179. The highest BCUT2D eigenvalue weighted by Gasteiger charge is 2.13. The zero-order chi connectivity index (χ0) is 22.2. The molecule has 0 saturated heterocycles. The van der Waals surface area contributed by atoms with Gasteiger partial charge in [0.05, 0.1) is 28.4 Å². The first-order valence-corrected chi connectivity index (χ1v) is 9.37. The van der Waals surface area contributed by atoms with E-state index in [-0.39, 0.29) is 5.69 Å². The summed E-state index contributed by atoms with van der Waals surface area (Å²) >= 11 is 0. The molecule has 0 aliphatic rings. The molecule has 0 fully saturated rings. The Morgan fingerprint density at radius 2 is 1.65 bits per heavy atom. The van der Waals surface area contributed by atoms with Crippen LogP contribution in [0.25, 0.3) is 12.2 Å². The first kappa shape index (κ1) is 21.6. The molecule has 3 rings (SSSR count). The maximum Gasteiger partial charge on any atom is 0.232 e. The van der Waals surface area contributed by atoms with Crippen LogP contribution in [-0.2, 0) is 6.54 Å². The summed E-state index contributed by atoms with van der Waals surface area (Å²) in [5.74, 6) is 2.96. The smallest absolute Gasteiger partial charge is 0.232 e. The number of oxazole rings is 1. The number of anilines is 1. The van der Waals surface area contributed by atoms with Gasteiger partial charge in [0.1, 0.15) is 11.8 Å². The van der Waals surface area contributed by atoms with E-state index < -0.39 is 0 Å². The Balaban J connectivity index is 1.77. The molecule has 0 spiro atoms. The van der Waals surface area contributed by atoms with E-state index in [1.807, 2.05) is 30.3 Å². The van der Waals surface area contributed by atoms with Crippen molar-refractivity contribution in [3.63, 3.8) is 0 Å². The average molecular weight is 421 g/mol. The fraction of sp³-hybridized carbons (Fsp3) is 0.217. The van der Waals surface area contributed by atoms with Gasteiger partial charge in [0.2, 0.25) is 23.2 Å². The lowest BCUT2D eigenvalue weighted by Gasteiger charge is -2.12. The highest BCUT2D eigenvalue weighted by molar-refractivity contribution is 5.71. The van der Waals surface area contributed by atoms with Crippen LogP contribution < -0.4 is 24.3 Å². The van der Waals surface area contributed by atoms with Gasteiger partial charge < -0.3 is 28.7 Å². The SMILES string of the molecule is COc1ccc(CNc2oc(/C=C/c3cc(OC)c(OC)c(OC)c3)nc2C#N)cc1. The highest BCUT2D eigenvalue weighted by Crippen LogP contribution is 2.38. The number of nitrogens with zero attached hydrogens (tertiary/aromatic N) is 2. The largest absolute Gasteiger partial charge is 0.497 e. The van der Waals surface area contributed by atoms with Crippen molar-refractivity contribution in [3.8, 4) is 29.1 Å². The van der Waals surface area contributed by atoms with Gasteiger partial charge in [0.25, 0.3) is 0 Å². The van der Waals surface area contributed by atoms with Gasteiger partial charge >= 0.3 is 0 Å². The van der Waals surface area contributed by atoms with E-state index in [2.05, 4.69) is 10.3 Å². The second-order valence-corrected chi connectivity index (χ2v) is 6.34. The summed E-state index contributed by atoms with van der Waals surface area (Å²) in [5, 5.41) is 12.5. The molecule has 3 aromatic rings. The fourth-order valence-electron chi connectivity index (χ4n) is 2.89. The average Bonchev–Trinajstić information content (AvgIpc) is 3.23. The molecule has 0 unspecified atom stereocenters. The highest BCUT2D eigenvalue weighted by atomic mass is 16.5. The minimum Gasteiger partial charge on any atom is -0.497 e. The van der Waals surface area contributed by atoms with Crippen LogP contribution in [0.5, 0.6) is 23.0 Å². The number of nitriles is 1. The molecular weight excluding hydrogens is 398 g/mol. The van der Waals surface area contributed by atoms with Crippen molar-refractivity contribution in [1.29, 1.82) is 5.26 Å². The number of methoxy groups -OCH3 is 4. The summed E-state index contributed by atoms with van der Waals surface area (Å²) in [4.78, 5) is 4.22. The first-order valence-electron chi connectivity index (χ1n) is 9.37. The molecule has 1 N–H and O–H groups in total. The van der Waals surface area contributed by atoms with Crippen molar-refractivity contribution in [1.82, 2.24) is 4.98 Å². The third-order valence-electron chi connectivity index (χ3n) is 4.47. The molecule has 1 aromatic heterocycles. The number of hydrogen-bond acceptors (Lipinski definition) is 8. The topological polar surface area (TPSA) is 98.8 Å². The lowest BCUT2D eigenvalue weighted by Crippen LogP contribution is -1.99. The molecule has 8 heteroatoms. The molecule has 0 aliphatic carbocycles.